The molecule has 0 N–H and O–H groups in total. The monoisotopic (exact) mass is 742 g/mol. The maximum absolute atomic E-state index is 5.01. The number of rotatable bonds is 12. The van der Waals surface area contributed by atoms with Crippen molar-refractivity contribution in [1.82, 2.24) is 4.98 Å². The molecule has 0 aliphatic heterocycles. The van der Waals surface area contributed by atoms with Crippen molar-refractivity contribution in [3.8, 4) is 0 Å². The summed E-state index contributed by atoms with van der Waals surface area (Å²) in [5.74, 6) is 0. The number of aromatic nitrogens is 1. The van der Waals surface area contributed by atoms with Gasteiger partial charge in [-0.1, -0.05) is 88.8 Å². The second kappa shape index (κ2) is 21.8. The maximum Gasteiger partial charge on any atom is 3.00 e. The smallest absolute Gasteiger partial charge is 1.00 e. The number of pyridine rings is 1. The number of hydrogen-bond donors (Lipinski definition) is 0. The van der Waals surface area contributed by atoms with Crippen LogP contribution in [0.5, 0.6) is 0 Å². The van der Waals surface area contributed by atoms with Gasteiger partial charge in [-0.15, -0.1) is 0 Å². The second-order valence-corrected chi connectivity index (χ2v) is 10.4. The van der Waals surface area contributed by atoms with E-state index in [0.717, 1.165) is 79.7 Å². The minimum absolute atomic E-state index is 0. The molecule has 0 aliphatic rings. The van der Waals surface area contributed by atoms with Crippen molar-refractivity contribution in [2.24, 2.45) is 9.98 Å². The molecule has 0 fully saturated rings. The number of benzene rings is 2. The van der Waals surface area contributed by atoms with Gasteiger partial charge in [-0.3, -0.25) is 9.98 Å². The van der Waals surface area contributed by atoms with Gasteiger partial charge in [0.1, 0.15) is 0 Å². The number of aliphatic imine (C=N–C) groups is 2. The van der Waals surface area contributed by atoms with Gasteiger partial charge in [0.25, 0.3) is 0 Å². The third kappa shape index (κ3) is 12.7. The van der Waals surface area contributed by atoms with E-state index in [4.69, 9.17) is 15.0 Å². The fourth-order valence-corrected chi connectivity index (χ4v) is 5.16. The summed E-state index contributed by atoms with van der Waals surface area (Å²) in [5.41, 5.74) is 13.1. The van der Waals surface area contributed by atoms with Crippen LogP contribution in [0.2, 0.25) is 0 Å². The van der Waals surface area contributed by atoms with E-state index in [1.54, 1.807) is 0 Å². The van der Waals surface area contributed by atoms with Crippen molar-refractivity contribution in [3.05, 3.63) is 86.7 Å². The molecule has 0 spiro atoms. The number of hydrogen-bond acceptors (Lipinski definition) is 3. The quantitative estimate of drug-likeness (QED) is 0.247. The maximum atomic E-state index is 5.01. The summed E-state index contributed by atoms with van der Waals surface area (Å²) in [7, 11) is 0. The summed E-state index contributed by atoms with van der Waals surface area (Å²) in [6, 6.07) is 13.4. The summed E-state index contributed by atoms with van der Waals surface area (Å²) in [6.45, 7) is 15.4. The van der Waals surface area contributed by atoms with Crippen molar-refractivity contribution in [2.45, 2.75) is 99.8 Å². The van der Waals surface area contributed by atoms with E-state index >= 15 is 0 Å². The molecule has 0 aliphatic carbocycles. The van der Waals surface area contributed by atoms with Crippen molar-refractivity contribution < 1.29 is 78.1 Å². The van der Waals surface area contributed by atoms with Gasteiger partial charge in [0.2, 0.25) is 0 Å². The molecular formula is C34H45Cl3N3Nd. The van der Waals surface area contributed by atoms with Crippen LogP contribution >= 0.6 is 0 Å². The van der Waals surface area contributed by atoms with Gasteiger partial charge in [0, 0.05) is 0 Å². The predicted octanol–water partition coefficient (Wildman–Crippen LogP) is 0.330. The van der Waals surface area contributed by atoms with E-state index in [1.807, 2.05) is 12.4 Å². The van der Waals surface area contributed by atoms with Crippen LogP contribution in [0.15, 0.2) is 46.4 Å². The van der Waals surface area contributed by atoms with Crippen LogP contribution in [0, 0.1) is 61.6 Å². The first-order valence-corrected chi connectivity index (χ1v) is 14.2. The van der Waals surface area contributed by atoms with Crippen LogP contribution in [0.4, 0.5) is 11.4 Å². The fraction of sp³-hybridized carbons (Fsp3) is 0.441. The van der Waals surface area contributed by atoms with E-state index in [-0.39, 0.29) is 78.1 Å². The zero-order valence-corrected chi connectivity index (χ0v) is 31.2. The summed E-state index contributed by atoms with van der Waals surface area (Å²) in [4.78, 5) is 14.9. The molecule has 2 aromatic carbocycles. The molecule has 0 atom stereocenters. The van der Waals surface area contributed by atoms with Crippen LogP contribution < -0.4 is 37.2 Å². The molecule has 3 nitrogen and oxygen atoms in total. The Kier molecular flexibility index (Phi) is 22.5. The summed E-state index contributed by atoms with van der Waals surface area (Å²) >= 11 is 0. The number of nitrogens with zero attached hydrogens (tertiary/aromatic N) is 3. The first kappa shape index (κ1) is 42.3. The van der Waals surface area contributed by atoms with Gasteiger partial charge in [-0.2, -0.15) is 0 Å². The standard InChI is InChI=1S/C34H45N3.3ClH.Nd/c1-8-12-27-16-24(5)17-28(13-9-2)33(27)35-22-31-20-26(7)21-32(37-31)23-36-34-29(14-10-3)18-25(6)19-30(34)15-11-4;;;;/h16-23H,8-15H2,1-7H3;3*1H;/q;;;;+3/p-3. The van der Waals surface area contributed by atoms with Crippen LogP contribution in [0.1, 0.15) is 104 Å². The first-order valence-electron chi connectivity index (χ1n) is 14.2. The molecule has 7 heteroatoms. The van der Waals surface area contributed by atoms with Gasteiger partial charge in [-0.25, -0.2) is 4.98 Å². The van der Waals surface area contributed by atoms with Crippen molar-refractivity contribution in [2.75, 3.05) is 0 Å². The normalized spacial score (nSPS) is 10.6. The predicted molar refractivity (Wildman–Crippen MR) is 162 cm³/mol. The minimum atomic E-state index is 0. The molecule has 0 amide bonds. The molecule has 1 heterocycles. The SMILES string of the molecule is CCCc1cc(C)cc(CCC)c1N=Cc1cc(C)cc(C=Nc2c(CCC)cc(C)cc2CCC)n1.[Cl-].[Cl-].[Cl-].[Nd+3]. The number of halogens is 3. The van der Waals surface area contributed by atoms with Crippen molar-refractivity contribution >= 4 is 23.8 Å². The number of aryl methyl sites for hydroxylation is 7. The van der Waals surface area contributed by atoms with E-state index in [9.17, 15) is 0 Å². The van der Waals surface area contributed by atoms with Gasteiger partial charge >= 0.3 is 40.8 Å². The largest absolute Gasteiger partial charge is 3.00 e. The molecule has 0 unspecified atom stereocenters. The molecule has 221 valence electrons. The molecule has 1 aromatic heterocycles. The Balaban J connectivity index is 0. The summed E-state index contributed by atoms with van der Waals surface area (Å²) < 4.78 is 0. The Hall–Kier alpha value is -0.849. The molecule has 0 saturated heterocycles. The van der Waals surface area contributed by atoms with Crippen molar-refractivity contribution in [3.63, 3.8) is 0 Å². The Bertz CT molecular complexity index is 1120. The molecule has 0 saturated carbocycles. The van der Waals surface area contributed by atoms with Gasteiger partial charge in [-0.05, 0) is 86.4 Å². The zero-order valence-electron chi connectivity index (χ0n) is 25.8. The third-order valence-corrected chi connectivity index (χ3v) is 6.56. The van der Waals surface area contributed by atoms with Crippen LogP contribution in [-0.2, 0) is 25.7 Å². The molecule has 0 bridgehead atoms. The molecule has 1 radical (unpaired) electrons. The Morgan fingerprint density at radius 3 is 1.05 bits per heavy atom. The van der Waals surface area contributed by atoms with E-state index in [0.29, 0.717) is 0 Å². The molecular weight excluding hydrogens is 701 g/mol. The van der Waals surface area contributed by atoms with Gasteiger partial charge in [0.15, 0.2) is 0 Å². The van der Waals surface area contributed by atoms with E-state index < -0.39 is 0 Å². The van der Waals surface area contributed by atoms with E-state index in [2.05, 4.69) is 84.9 Å². The van der Waals surface area contributed by atoms with E-state index in [1.165, 1.54) is 33.4 Å². The average molecular weight is 746 g/mol. The Morgan fingerprint density at radius 2 is 0.780 bits per heavy atom. The zero-order chi connectivity index (χ0) is 26.8. The molecule has 41 heavy (non-hydrogen) atoms. The summed E-state index contributed by atoms with van der Waals surface area (Å²) in [6.07, 6.45) is 12.5. The fourth-order valence-electron chi connectivity index (χ4n) is 5.16. The van der Waals surface area contributed by atoms with Crippen LogP contribution in [0.3, 0.4) is 0 Å². The second-order valence-electron chi connectivity index (χ2n) is 10.4. The molecule has 3 aromatic rings. The Morgan fingerprint density at radius 1 is 0.512 bits per heavy atom. The minimum Gasteiger partial charge on any atom is -1.00 e. The summed E-state index contributed by atoms with van der Waals surface area (Å²) in [5, 5.41) is 0. The Labute approximate surface area is 300 Å². The van der Waals surface area contributed by atoms with Crippen LogP contribution in [-0.4, -0.2) is 17.4 Å². The van der Waals surface area contributed by atoms with Gasteiger partial charge < -0.3 is 37.2 Å². The third-order valence-electron chi connectivity index (χ3n) is 6.56. The first-order chi connectivity index (χ1) is 17.9. The molecule has 3 rings (SSSR count). The topological polar surface area (TPSA) is 37.6 Å². The average Bonchev–Trinajstić information content (AvgIpc) is 2.83. The van der Waals surface area contributed by atoms with Gasteiger partial charge in [0.05, 0.1) is 35.2 Å². The van der Waals surface area contributed by atoms with Crippen molar-refractivity contribution in [1.29, 1.82) is 0 Å². The van der Waals surface area contributed by atoms with Crippen LogP contribution in [0.25, 0.3) is 0 Å².